The van der Waals surface area contributed by atoms with Crippen LogP contribution in [0.1, 0.15) is 69.9 Å². The lowest BCUT2D eigenvalue weighted by atomic mass is 9.88. The molecule has 0 spiro atoms. The number of methoxy groups -OCH3 is 1. The summed E-state index contributed by atoms with van der Waals surface area (Å²) in [6, 6.07) is 4.10. The van der Waals surface area contributed by atoms with Gasteiger partial charge in [0, 0.05) is 5.02 Å². The van der Waals surface area contributed by atoms with Crippen molar-refractivity contribution in [1.82, 2.24) is 0 Å². The van der Waals surface area contributed by atoms with Gasteiger partial charge in [0.2, 0.25) is 0 Å². The van der Waals surface area contributed by atoms with Gasteiger partial charge in [-0.2, -0.15) is 0 Å². The van der Waals surface area contributed by atoms with E-state index in [1.54, 1.807) is 7.11 Å². The minimum absolute atomic E-state index is 0.408. The minimum Gasteiger partial charge on any atom is -0.496 e. The van der Waals surface area contributed by atoms with E-state index in [-0.39, 0.29) is 0 Å². The van der Waals surface area contributed by atoms with Crippen molar-refractivity contribution < 1.29 is 4.74 Å². The van der Waals surface area contributed by atoms with Crippen LogP contribution in [0, 0.1) is 0 Å². The highest BCUT2D eigenvalue weighted by Gasteiger charge is 2.19. The summed E-state index contributed by atoms with van der Waals surface area (Å²) in [6.45, 7) is 8.74. The van der Waals surface area contributed by atoms with Crippen LogP contribution in [-0.4, -0.2) is 7.11 Å². The quantitative estimate of drug-likeness (QED) is 0.534. The molecule has 0 aliphatic carbocycles. The van der Waals surface area contributed by atoms with E-state index in [4.69, 9.17) is 16.3 Å². The van der Waals surface area contributed by atoms with Gasteiger partial charge in [0.25, 0.3) is 0 Å². The molecule has 1 atom stereocenters. The molecule has 1 aromatic carbocycles. The summed E-state index contributed by atoms with van der Waals surface area (Å²) in [7, 11) is 1.76. The van der Waals surface area contributed by atoms with Gasteiger partial charge < -0.3 is 4.74 Å². The second kappa shape index (κ2) is 8.36. The second-order valence-electron chi connectivity index (χ2n) is 5.49. The van der Waals surface area contributed by atoms with Crippen molar-refractivity contribution in [3.05, 3.63) is 40.4 Å². The van der Waals surface area contributed by atoms with Crippen molar-refractivity contribution in [3.8, 4) is 5.75 Å². The largest absolute Gasteiger partial charge is 0.496 e. The summed E-state index contributed by atoms with van der Waals surface area (Å²) in [5, 5.41) is 0.808. The third-order valence-electron chi connectivity index (χ3n) is 3.69. The van der Waals surface area contributed by atoms with Gasteiger partial charge in [-0.25, -0.2) is 0 Å². The predicted molar refractivity (Wildman–Crippen MR) is 89.2 cm³/mol. The zero-order valence-corrected chi connectivity index (χ0v) is 14.1. The molecule has 0 saturated carbocycles. The molecule has 0 fully saturated rings. The lowest BCUT2D eigenvalue weighted by molar-refractivity contribution is 0.397. The molecule has 1 nitrogen and oxygen atoms in total. The predicted octanol–water partition coefficient (Wildman–Crippen LogP) is 6.32. The normalized spacial score (nSPS) is 13.2. The molecular weight excluding hydrogens is 268 g/mol. The number of halogens is 1. The highest BCUT2D eigenvalue weighted by molar-refractivity contribution is 6.30. The average Bonchev–Trinajstić information content (AvgIpc) is 2.42. The lowest BCUT2D eigenvalue weighted by Crippen LogP contribution is -2.04. The van der Waals surface area contributed by atoms with Crippen LogP contribution >= 0.6 is 11.6 Å². The maximum atomic E-state index is 6.31. The first-order valence-electron chi connectivity index (χ1n) is 7.57. The number of rotatable bonds is 7. The van der Waals surface area contributed by atoms with Gasteiger partial charge in [-0.15, -0.1) is 0 Å². The van der Waals surface area contributed by atoms with Gasteiger partial charge in [-0.3, -0.25) is 0 Å². The minimum atomic E-state index is 0.408. The molecule has 0 heterocycles. The van der Waals surface area contributed by atoms with Crippen LogP contribution in [0.2, 0.25) is 5.02 Å². The van der Waals surface area contributed by atoms with Crippen molar-refractivity contribution in [2.45, 2.75) is 58.8 Å². The van der Waals surface area contributed by atoms with E-state index >= 15 is 0 Å². The zero-order chi connectivity index (χ0) is 15.1. The lowest BCUT2D eigenvalue weighted by Gasteiger charge is -2.22. The monoisotopic (exact) mass is 294 g/mol. The molecule has 0 aromatic heterocycles. The van der Waals surface area contributed by atoms with Crippen LogP contribution in [0.3, 0.4) is 0 Å². The van der Waals surface area contributed by atoms with E-state index in [2.05, 4.69) is 45.9 Å². The highest BCUT2D eigenvalue weighted by atomic mass is 35.5. The summed E-state index contributed by atoms with van der Waals surface area (Å²) in [5.74, 6) is 1.89. The molecule has 20 heavy (non-hydrogen) atoms. The average molecular weight is 295 g/mol. The smallest absolute Gasteiger partial charge is 0.125 e. The van der Waals surface area contributed by atoms with E-state index in [0.29, 0.717) is 11.8 Å². The molecular formula is C18H27ClO. The fourth-order valence-corrected chi connectivity index (χ4v) is 2.78. The Balaban J connectivity index is 3.22. The molecule has 112 valence electrons. The van der Waals surface area contributed by atoms with Crippen molar-refractivity contribution in [2.24, 2.45) is 0 Å². The van der Waals surface area contributed by atoms with E-state index < -0.39 is 0 Å². The molecule has 2 heteroatoms. The van der Waals surface area contributed by atoms with Crippen LogP contribution in [0.25, 0.3) is 0 Å². The summed E-state index contributed by atoms with van der Waals surface area (Å²) in [4.78, 5) is 0. The van der Waals surface area contributed by atoms with Crippen LogP contribution in [0.15, 0.2) is 24.3 Å². The number of ether oxygens (including phenoxy) is 1. The Bertz CT molecular complexity index is 449. The molecule has 0 aliphatic rings. The Morgan fingerprint density at radius 3 is 2.30 bits per heavy atom. The molecule has 0 bridgehead atoms. The number of allylic oxidation sites excluding steroid dienone is 2. The molecule has 0 radical (unpaired) electrons. The summed E-state index contributed by atoms with van der Waals surface area (Å²) >= 11 is 6.31. The molecule has 1 rings (SSSR count). The van der Waals surface area contributed by atoms with Crippen molar-refractivity contribution in [3.63, 3.8) is 0 Å². The Kier molecular flexibility index (Phi) is 7.15. The molecule has 0 saturated heterocycles. The molecule has 1 unspecified atom stereocenters. The van der Waals surface area contributed by atoms with Crippen molar-refractivity contribution in [2.75, 3.05) is 7.11 Å². The fourth-order valence-electron chi connectivity index (χ4n) is 2.55. The Morgan fingerprint density at radius 2 is 1.80 bits per heavy atom. The van der Waals surface area contributed by atoms with E-state index in [9.17, 15) is 0 Å². The maximum absolute atomic E-state index is 6.31. The first-order chi connectivity index (χ1) is 9.54. The van der Waals surface area contributed by atoms with Gasteiger partial charge in [-0.05, 0) is 54.4 Å². The Labute approximate surface area is 129 Å². The molecule has 0 aliphatic heterocycles. The van der Waals surface area contributed by atoms with Crippen molar-refractivity contribution >= 4 is 11.6 Å². The Morgan fingerprint density at radius 1 is 1.15 bits per heavy atom. The van der Waals surface area contributed by atoms with E-state index in [1.807, 2.05) is 6.07 Å². The molecule has 1 aromatic rings. The maximum Gasteiger partial charge on any atom is 0.125 e. The highest BCUT2D eigenvalue weighted by Crippen LogP contribution is 2.39. The third kappa shape index (κ3) is 4.28. The van der Waals surface area contributed by atoms with Crippen molar-refractivity contribution in [1.29, 1.82) is 0 Å². The van der Waals surface area contributed by atoms with Gasteiger partial charge in [-0.1, -0.05) is 51.4 Å². The standard InChI is InChI=1S/C18H27ClO/c1-6-8-9-10-14(7-2)17-12-15(19)11-16(13(3)4)18(17)20-5/h8-9,11-14H,6-7,10H2,1-5H3/b9-8-. The number of hydrogen-bond acceptors (Lipinski definition) is 1. The zero-order valence-electron chi connectivity index (χ0n) is 13.4. The first-order valence-corrected chi connectivity index (χ1v) is 7.95. The van der Waals surface area contributed by atoms with Crippen LogP contribution in [0.5, 0.6) is 5.75 Å². The van der Waals surface area contributed by atoms with Crippen LogP contribution < -0.4 is 4.74 Å². The molecule has 0 N–H and O–H groups in total. The van der Waals surface area contributed by atoms with Gasteiger partial charge in [0.05, 0.1) is 7.11 Å². The van der Waals surface area contributed by atoms with Gasteiger partial charge in [0.15, 0.2) is 0 Å². The van der Waals surface area contributed by atoms with Crippen LogP contribution in [0.4, 0.5) is 0 Å². The summed E-state index contributed by atoms with van der Waals surface area (Å²) in [5.41, 5.74) is 2.44. The second-order valence-corrected chi connectivity index (χ2v) is 5.93. The van der Waals surface area contributed by atoms with Gasteiger partial charge >= 0.3 is 0 Å². The topological polar surface area (TPSA) is 9.23 Å². The first kappa shape index (κ1) is 17.1. The van der Waals surface area contributed by atoms with Gasteiger partial charge in [0.1, 0.15) is 5.75 Å². The van der Waals surface area contributed by atoms with Crippen LogP contribution in [-0.2, 0) is 0 Å². The number of benzene rings is 1. The number of hydrogen-bond donors (Lipinski definition) is 0. The Hall–Kier alpha value is -0.950. The van der Waals surface area contributed by atoms with E-state index in [0.717, 1.165) is 30.0 Å². The fraction of sp³-hybridized carbons (Fsp3) is 0.556. The summed E-state index contributed by atoms with van der Waals surface area (Å²) in [6.07, 6.45) is 7.70. The summed E-state index contributed by atoms with van der Waals surface area (Å²) < 4.78 is 5.70. The molecule has 0 amide bonds. The third-order valence-corrected chi connectivity index (χ3v) is 3.91. The van der Waals surface area contributed by atoms with E-state index in [1.165, 1.54) is 11.1 Å². The SMILES string of the molecule is CC/C=C\CC(CC)c1cc(Cl)cc(C(C)C)c1OC.